The van der Waals surface area contributed by atoms with E-state index in [0.29, 0.717) is 5.92 Å². The number of rotatable bonds is 2. The van der Waals surface area contributed by atoms with Gasteiger partial charge in [-0.1, -0.05) is 6.42 Å². The van der Waals surface area contributed by atoms with E-state index in [1.54, 1.807) is 0 Å². The summed E-state index contributed by atoms with van der Waals surface area (Å²) in [5, 5.41) is 12.8. The molecule has 2 N–H and O–H groups in total. The molecule has 0 aromatic carbocycles. The van der Waals surface area contributed by atoms with Crippen LogP contribution in [0.15, 0.2) is 0 Å². The zero-order chi connectivity index (χ0) is 12.3. The van der Waals surface area contributed by atoms with E-state index in [-0.39, 0.29) is 18.1 Å². The van der Waals surface area contributed by atoms with Crippen LogP contribution in [0.3, 0.4) is 0 Å². The minimum Gasteiger partial charge on any atom is -0.393 e. The first-order valence-corrected chi connectivity index (χ1v) is 6.88. The van der Waals surface area contributed by atoms with E-state index in [1.807, 2.05) is 11.8 Å². The van der Waals surface area contributed by atoms with E-state index in [1.165, 1.54) is 6.42 Å². The van der Waals surface area contributed by atoms with Crippen LogP contribution < -0.4 is 5.32 Å². The van der Waals surface area contributed by atoms with Crippen molar-refractivity contribution < 1.29 is 9.90 Å². The topological polar surface area (TPSA) is 52.6 Å². The molecule has 0 aromatic heterocycles. The monoisotopic (exact) mass is 240 g/mol. The minimum absolute atomic E-state index is 0.0480. The molecule has 2 atom stereocenters. The summed E-state index contributed by atoms with van der Waals surface area (Å²) in [6.07, 6.45) is 4.98. The number of aliphatic hydroxyl groups excluding tert-OH is 1. The third kappa shape index (κ3) is 3.19. The van der Waals surface area contributed by atoms with Crippen LogP contribution in [0.25, 0.3) is 0 Å². The maximum Gasteiger partial charge on any atom is 0.239 e. The van der Waals surface area contributed by atoms with Gasteiger partial charge in [-0.3, -0.25) is 4.79 Å². The number of aliphatic hydroxyl groups is 1. The van der Waals surface area contributed by atoms with Gasteiger partial charge in [-0.2, -0.15) is 0 Å². The molecule has 0 aliphatic carbocycles. The van der Waals surface area contributed by atoms with Crippen LogP contribution in [0.1, 0.15) is 39.0 Å². The van der Waals surface area contributed by atoms with Gasteiger partial charge in [-0.05, 0) is 45.1 Å². The van der Waals surface area contributed by atoms with Gasteiger partial charge < -0.3 is 15.3 Å². The molecule has 0 radical (unpaired) electrons. The van der Waals surface area contributed by atoms with Crippen LogP contribution in [0, 0.1) is 5.92 Å². The summed E-state index contributed by atoms with van der Waals surface area (Å²) >= 11 is 0. The van der Waals surface area contributed by atoms with Crippen LogP contribution in [-0.4, -0.2) is 47.7 Å². The molecule has 2 rings (SSSR count). The lowest BCUT2D eigenvalue weighted by molar-refractivity contribution is -0.136. The number of piperidine rings is 2. The van der Waals surface area contributed by atoms with Gasteiger partial charge in [0.25, 0.3) is 0 Å². The maximum atomic E-state index is 12.2. The summed E-state index contributed by atoms with van der Waals surface area (Å²) in [6.45, 7) is 4.45. The van der Waals surface area contributed by atoms with Crippen molar-refractivity contribution in [1.29, 1.82) is 0 Å². The summed E-state index contributed by atoms with van der Waals surface area (Å²) in [4.78, 5) is 14.2. The first kappa shape index (κ1) is 12.8. The zero-order valence-electron chi connectivity index (χ0n) is 10.7. The molecule has 0 saturated carbocycles. The maximum absolute atomic E-state index is 12.2. The SMILES string of the molecule is CC(O)C1CCN(C(=O)[C@H]2CCCCN2)CC1. The van der Waals surface area contributed by atoms with Gasteiger partial charge in [0.1, 0.15) is 0 Å². The van der Waals surface area contributed by atoms with Gasteiger partial charge in [0.05, 0.1) is 12.1 Å². The van der Waals surface area contributed by atoms with Crippen molar-refractivity contribution in [2.45, 2.75) is 51.2 Å². The van der Waals surface area contributed by atoms with Gasteiger partial charge in [0, 0.05) is 13.1 Å². The molecule has 17 heavy (non-hydrogen) atoms. The lowest BCUT2D eigenvalue weighted by Crippen LogP contribution is -2.51. The standard InChI is InChI=1S/C13H24N2O2/c1-10(16)11-5-8-15(9-6-11)13(17)12-4-2-3-7-14-12/h10-12,14,16H,2-9H2,1H3/t10?,12-/m1/s1. The average molecular weight is 240 g/mol. The smallest absolute Gasteiger partial charge is 0.239 e. The molecule has 4 heteroatoms. The fourth-order valence-electron chi connectivity index (χ4n) is 2.89. The number of hydrogen-bond donors (Lipinski definition) is 2. The Labute approximate surface area is 103 Å². The summed E-state index contributed by atoms with van der Waals surface area (Å²) in [6, 6.07) is 0.0480. The van der Waals surface area contributed by atoms with Crippen LogP contribution in [-0.2, 0) is 4.79 Å². The van der Waals surface area contributed by atoms with Crippen molar-refractivity contribution in [3.05, 3.63) is 0 Å². The van der Waals surface area contributed by atoms with E-state index in [4.69, 9.17) is 0 Å². The van der Waals surface area contributed by atoms with E-state index in [2.05, 4.69) is 5.32 Å². The van der Waals surface area contributed by atoms with Crippen LogP contribution in [0.5, 0.6) is 0 Å². The Morgan fingerprint density at radius 1 is 1.29 bits per heavy atom. The van der Waals surface area contributed by atoms with Crippen LogP contribution >= 0.6 is 0 Å². The van der Waals surface area contributed by atoms with Gasteiger partial charge in [-0.15, -0.1) is 0 Å². The Balaban J connectivity index is 1.81. The van der Waals surface area contributed by atoms with E-state index in [0.717, 1.165) is 45.3 Å². The first-order valence-electron chi connectivity index (χ1n) is 6.88. The Kier molecular flexibility index (Phi) is 4.40. The molecule has 2 fully saturated rings. The Bertz CT molecular complexity index is 254. The molecular weight excluding hydrogens is 216 g/mol. The Morgan fingerprint density at radius 3 is 2.53 bits per heavy atom. The predicted octanol–water partition coefficient (Wildman–Crippen LogP) is 0.748. The number of hydrogen-bond acceptors (Lipinski definition) is 3. The third-order valence-corrected chi connectivity index (χ3v) is 4.14. The van der Waals surface area contributed by atoms with E-state index >= 15 is 0 Å². The lowest BCUT2D eigenvalue weighted by atomic mass is 9.91. The van der Waals surface area contributed by atoms with Gasteiger partial charge in [0.15, 0.2) is 0 Å². The fourth-order valence-corrected chi connectivity index (χ4v) is 2.89. The number of likely N-dealkylation sites (tertiary alicyclic amines) is 1. The molecular formula is C13H24N2O2. The lowest BCUT2D eigenvalue weighted by Gasteiger charge is -2.36. The first-order chi connectivity index (χ1) is 8.18. The molecule has 98 valence electrons. The number of nitrogens with zero attached hydrogens (tertiary/aromatic N) is 1. The molecule has 2 aliphatic rings. The highest BCUT2D eigenvalue weighted by Gasteiger charge is 2.29. The van der Waals surface area contributed by atoms with E-state index in [9.17, 15) is 9.90 Å². The highest BCUT2D eigenvalue weighted by atomic mass is 16.3. The highest BCUT2D eigenvalue weighted by molar-refractivity contribution is 5.82. The molecule has 2 heterocycles. The molecule has 1 unspecified atom stereocenters. The minimum atomic E-state index is -0.236. The van der Waals surface area contributed by atoms with Crippen LogP contribution in [0.4, 0.5) is 0 Å². The van der Waals surface area contributed by atoms with Crippen molar-refractivity contribution >= 4 is 5.91 Å². The second-order valence-corrected chi connectivity index (χ2v) is 5.41. The van der Waals surface area contributed by atoms with Gasteiger partial charge in [-0.25, -0.2) is 0 Å². The number of carbonyl (C=O) groups is 1. The Morgan fingerprint density at radius 2 is 2.00 bits per heavy atom. The quantitative estimate of drug-likeness (QED) is 0.749. The van der Waals surface area contributed by atoms with Crippen molar-refractivity contribution in [3.8, 4) is 0 Å². The molecule has 0 spiro atoms. The Hall–Kier alpha value is -0.610. The van der Waals surface area contributed by atoms with Crippen molar-refractivity contribution in [1.82, 2.24) is 10.2 Å². The van der Waals surface area contributed by atoms with Crippen molar-refractivity contribution in [3.63, 3.8) is 0 Å². The normalized spacial score (nSPS) is 29.1. The average Bonchev–Trinajstić information content (AvgIpc) is 2.39. The number of nitrogens with one attached hydrogen (secondary N) is 1. The summed E-state index contributed by atoms with van der Waals surface area (Å²) in [7, 11) is 0. The van der Waals surface area contributed by atoms with Crippen LogP contribution in [0.2, 0.25) is 0 Å². The summed E-state index contributed by atoms with van der Waals surface area (Å²) in [5.41, 5.74) is 0. The summed E-state index contributed by atoms with van der Waals surface area (Å²) < 4.78 is 0. The second kappa shape index (κ2) is 5.83. The van der Waals surface area contributed by atoms with Crippen molar-refractivity contribution in [2.75, 3.05) is 19.6 Å². The highest BCUT2D eigenvalue weighted by Crippen LogP contribution is 2.21. The van der Waals surface area contributed by atoms with Gasteiger partial charge in [0.2, 0.25) is 5.91 Å². The summed E-state index contributed by atoms with van der Waals surface area (Å²) in [5.74, 6) is 0.645. The largest absolute Gasteiger partial charge is 0.393 e. The molecule has 0 bridgehead atoms. The molecule has 2 saturated heterocycles. The number of carbonyl (C=O) groups excluding carboxylic acids is 1. The molecule has 0 aromatic rings. The van der Waals surface area contributed by atoms with E-state index < -0.39 is 0 Å². The second-order valence-electron chi connectivity index (χ2n) is 5.41. The molecule has 2 aliphatic heterocycles. The third-order valence-electron chi connectivity index (χ3n) is 4.14. The molecule has 4 nitrogen and oxygen atoms in total. The molecule has 1 amide bonds. The number of amides is 1. The predicted molar refractivity (Wildman–Crippen MR) is 66.6 cm³/mol. The van der Waals surface area contributed by atoms with Gasteiger partial charge >= 0.3 is 0 Å². The zero-order valence-corrected chi connectivity index (χ0v) is 10.7. The van der Waals surface area contributed by atoms with Crippen molar-refractivity contribution in [2.24, 2.45) is 5.92 Å². The fraction of sp³-hybridized carbons (Fsp3) is 0.923.